The number of nitrogens with one attached hydrogen (secondary N) is 1. The summed E-state index contributed by atoms with van der Waals surface area (Å²) in [5.74, 6) is 0.534. The Morgan fingerprint density at radius 3 is 2.58 bits per heavy atom. The van der Waals surface area contributed by atoms with Crippen LogP contribution in [0.5, 0.6) is 0 Å². The van der Waals surface area contributed by atoms with Gasteiger partial charge in [0, 0.05) is 11.6 Å². The summed E-state index contributed by atoms with van der Waals surface area (Å²) in [4.78, 5) is 3.52. The monoisotopic (exact) mass is 372 g/mol. The molecule has 3 aromatic rings. The first kappa shape index (κ1) is 17.1. The van der Waals surface area contributed by atoms with Crippen molar-refractivity contribution < 1.29 is 13.8 Å². The van der Waals surface area contributed by atoms with Crippen molar-refractivity contribution in [3.8, 4) is 11.3 Å². The summed E-state index contributed by atoms with van der Waals surface area (Å²) < 4.78 is 19.4. The number of hydrogen-bond acceptors (Lipinski definition) is 3. The number of quaternary nitrogens is 1. The molecule has 1 aliphatic rings. The molecule has 1 saturated heterocycles. The van der Waals surface area contributed by atoms with Crippen molar-refractivity contribution in [1.82, 2.24) is 5.16 Å². The van der Waals surface area contributed by atoms with E-state index >= 15 is 0 Å². The van der Waals surface area contributed by atoms with E-state index in [2.05, 4.69) is 10.1 Å². The number of rotatable bonds is 4. The number of benzene rings is 2. The van der Waals surface area contributed by atoms with Gasteiger partial charge in [-0.15, -0.1) is 0 Å². The minimum atomic E-state index is -0.156. The molecule has 6 heteroatoms. The van der Waals surface area contributed by atoms with Crippen LogP contribution in [0.1, 0.15) is 5.69 Å². The van der Waals surface area contributed by atoms with Crippen LogP contribution in [0.2, 0.25) is 5.02 Å². The largest absolute Gasteiger partial charge is 0.358 e. The van der Waals surface area contributed by atoms with E-state index in [0.717, 1.165) is 44.0 Å². The Balaban J connectivity index is 1.38. The molecule has 1 aliphatic heterocycles. The average molecular weight is 373 g/mol. The van der Waals surface area contributed by atoms with Gasteiger partial charge in [0.25, 0.3) is 0 Å². The van der Waals surface area contributed by atoms with Gasteiger partial charge in [0.1, 0.15) is 18.1 Å². The maximum Gasteiger partial charge on any atom is 0.168 e. The summed E-state index contributed by atoms with van der Waals surface area (Å²) in [7, 11) is 0. The molecule has 0 unspecified atom stereocenters. The van der Waals surface area contributed by atoms with Crippen LogP contribution in [0.15, 0.2) is 59.1 Å². The van der Waals surface area contributed by atoms with Gasteiger partial charge >= 0.3 is 0 Å². The van der Waals surface area contributed by atoms with Gasteiger partial charge in [0.15, 0.2) is 5.76 Å². The molecule has 1 fully saturated rings. The van der Waals surface area contributed by atoms with E-state index in [1.54, 1.807) is 6.07 Å². The van der Waals surface area contributed by atoms with Gasteiger partial charge in [-0.1, -0.05) is 41.0 Å². The highest BCUT2D eigenvalue weighted by Crippen LogP contribution is 2.27. The minimum Gasteiger partial charge on any atom is -0.358 e. The highest BCUT2D eigenvalue weighted by atomic mass is 35.5. The first-order valence-corrected chi connectivity index (χ1v) is 9.12. The lowest BCUT2D eigenvalue weighted by atomic mass is 10.1. The lowest BCUT2D eigenvalue weighted by molar-refractivity contribution is -0.914. The second kappa shape index (κ2) is 7.48. The Morgan fingerprint density at radius 1 is 1.08 bits per heavy atom. The molecule has 4 nitrogen and oxygen atoms in total. The van der Waals surface area contributed by atoms with E-state index in [1.165, 1.54) is 11.0 Å². The SMILES string of the molecule is Fc1ccccc1N1CC[NH+](Cc2cc(-c3ccccc3Cl)on2)CC1. The van der Waals surface area contributed by atoms with Crippen molar-refractivity contribution in [3.63, 3.8) is 0 Å². The quantitative estimate of drug-likeness (QED) is 0.764. The van der Waals surface area contributed by atoms with Gasteiger partial charge in [-0.05, 0) is 24.3 Å². The number of nitrogens with zero attached hydrogens (tertiary/aromatic N) is 2. The Bertz CT molecular complexity index is 890. The molecule has 0 saturated carbocycles. The van der Waals surface area contributed by atoms with Crippen molar-refractivity contribution in [3.05, 3.63) is 71.1 Å². The fourth-order valence-corrected chi connectivity index (χ4v) is 3.62. The number of aromatic nitrogens is 1. The molecular weight excluding hydrogens is 353 g/mol. The summed E-state index contributed by atoms with van der Waals surface area (Å²) >= 11 is 6.22. The molecule has 134 valence electrons. The highest BCUT2D eigenvalue weighted by Gasteiger charge is 2.23. The molecule has 1 aromatic heterocycles. The Kier molecular flexibility index (Phi) is 4.91. The van der Waals surface area contributed by atoms with Crippen molar-refractivity contribution in [2.24, 2.45) is 0 Å². The van der Waals surface area contributed by atoms with Crippen LogP contribution in [0, 0.1) is 5.82 Å². The minimum absolute atomic E-state index is 0.156. The maximum absolute atomic E-state index is 13.9. The maximum atomic E-state index is 13.9. The summed E-state index contributed by atoms with van der Waals surface area (Å²) in [6, 6.07) is 16.5. The van der Waals surface area contributed by atoms with E-state index in [-0.39, 0.29) is 5.82 Å². The molecule has 0 amide bonds. The van der Waals surface area contributed by atoms with Gasteiger partial charge in [0.2, 0.25) is 0 Å². The summed E-state index contributed by atoms with van der Waals surface area (Å²) in [6.45, 7) is 4.31. The van der Waals surface area contributed by atoms with Crippen LogP contribution in [-0.4, -0.2) is 31.3 Å². The molecule has 0 bridgehead atoms. The van der Waals surface area contributed by atoms with Gasteiger partial charge in [-0.25, -0.2) is 4.39 Å². The van der Waals surface area contributed by atoms with Crippen LogP contribution < -0.4 is 9.80 Å². The number of piperazine rings is 1. The van der Waals surface area contributed by atoms with Crippen molar-refractivity contribution in [2.75, 3.05) is 31.1 Å². The number of anilines is 1. The molecule has 0 spiro atoms. The summed E-state index contributed by atoms with van der Waals surface area (Å²) in [5.41, 5.74) is 2.45. The first-order valence-electron chi connectivity index (χ1n) is 8.74. The highest BCUT2D eigenvalue weighted by molar-refractivity contribution is 6.33. The van der Waals surface area contributed by atoms with Crippen molar-refractivity contribution >= 4 is 17.3 Å². The molecule has 0 radical (unpaired) electrons. The van der Waals surface area contributed by atoms with Crippen LogP contribution >= 0.6 is 11.6 Å². The van der Waals surface area contributed by atoms with Gasteiger partial charge in [-0.2, -0.15) is 0 Å². The summed E-state index contributed by atoms with van der Waals surface area (Å²) in [6.07, 6.45) is 0. The van der Waals surface area contributed by atoms with Crippen LogP contribution in [0.3, 0.4) is 0 Å². The van der Waals surface area contributed by atoms with E-state index in [9.17, 15) is 4.39 Å². The topological polar surface area (TPSA) is 33.7 Å². The lowest BCUT2D eigenvalue weighted by Gasteiger charge is -2.33. The molecule has 2 heterocycles. The predicted octanol–water partition coefficient (Wildman–Crippen LogP) is 3.04. The number of halogens is 2. The van der Waals surface area contributed by atoms with Crippen LogP contribution in [-0.2, 0) is 6.54 Å². The Morgan fingerprint density at radius 2 is 1.81 bits per heavy atom. The van der Waals surface area contributed by atoms with E-state index in [0.29, 0.717) is 16.5 Å². The molecular formula is C20H20ClFN3O+. The molecule has 0 atom stereocenters. The molecule has 4 rings (SSSR count). The lowest BCUT2D eigenvalue weighted by Crippen LogP contribution is -3.13. The zero-order chi connectivity index (χ0) is 17.9. The Labute approximate surface area is 156 Å². The summed E-state index contributed by atoms with van der Waals surface area (Å²) in [5, 5.41) is 4.84. The average Bonchev–Trinajstić information content (AvgIpc) is 3.11. The van der Waals surface area contributed by atoms with Gasteiger partial charge in [-0.3, -0.25) is 0 Å². The van der Waals surface area contributed by atoms with E-state index in [1.807, 2.05) is 42.5 Å². The van der Waals surface area contributed by atoms with Crippen molar-refractivity contribution in [1.29, 1.82) is 0 Å². The van der Waals surface area contributed by atoms with Crippen molar-refractivity contribution in [2.45, 2.75) is 6.54 Å². The third-order valence-corrected chi connectivity index (χ3v) is 5.12. The number of para-hydroxylation sites is 1. The first-order chi connectivity index (χ1) is 12.7. The van der Waals surface area contributed by atoms with Gasteiger partial charge < -0.3 is 14.3 Å². The molecule has 26 heavy (non-hydrogen) atoms. The second-order valence-electron chi connectivity index (χ2n) is 6.53. The third-order valence-electron chi connectivity index (χ3n) is 4.79. The zero-order valence-corrected chi connectivity index (χ0v) is 15.0. The van der Waals surface area contributed by atoms with Crippen LogP contribution in [0.25, 0.3) is 11.3 Å². The van der Waals surface area contributed by atoms with Gasteiger partial charge in [0.05, 0.1) is 36.9 Å². The molecule has 1 N–H and O–H groups in total. The zero-order valence-electron chi connectivity index (χ0n) is 14.3. The second-order valence-corrected chi connectivity index (χ2v) is 6.93. The number of hydrogen-bond donors (Lipinski definition) is 1. The smallest absolute Gasteiger partial charge is 0.168 e. The predicted molar refractivity (Wildman–Crippen MR) is 100.0 cm³/mol. The fourth-order valence-electron chi connectivity index (χ4n) is 3.39. The van der Waals surface area contributed by atoms with Crippen LogP contribution in [0.4, 0.5) is 10.1 Å². The normalized spacial score (nSPS) is 15.4. The molecule has 2 aromatic carbocycles. The van der Waals surface area contributed by atoms with E-state index in [4.69, 9.17) is 16.1 Å². The standard InChI is InChI=1S/C20H19ClFN3O/c21-17-6-2-1-5-16(17)20-13-15(23-26-20)14-24-9-11-25(12-10-24)19-8-4-3-7-18(19)22/h1-8,13H,9-12,14H2/p+1. The Hall–Kier alpha value is -2.37. The molecule has 0 aliphatic carbocycles. The third kappa shape index (κ3) is 3.59. The van der Waals surface area contributed by atoms with E-state index < -0.39 is 0 Å². The fraction of sp³-hybridized carbons (Fsp3) is 0.250.